The van der Waals surface area contributed by atoms with Crippen molar-refractivity contribution in [1.29, 1.82) is 0 Å². The normalized spacial score (nSPS) is 36.1. The number of hydrogen-bond donors (Lipinski definition) is 3. The minimum atomic E-state index is -1.73. The second-order valence-corrected chi connectivity index (χ2v) is 14.5. The highest BCUT2D eigenvalue weighted by atomic mass is 19.1. The van der Waals surface area contributed by atoms with Crippen LogP contribution in [0.15, 0.2) is 72.4 Å². The lowest BCUT2D eigenvalue weighted by Gasteiger charge is -2.64. The van der Waals surface area contributed by atoms with E-state index in [2.05, 4.69) is 25.7 Å². The summed E-state index contributed by atoms with van der Waals surface area (Å²) in [5.41, 5.74) is 8.39. The number of allylic oxidation sites excluding steroid dienone is 5. The number of aryl methyl sites for hydroxylation is 2. The summed E-state index contributed by atoms with van der Waals surface area (Å²) in [6, 6.07) is 11.0. The Labute approximate surface area is 265 Å². The second-order valence-electron chi connectivity index (χ2n) is 14.5. The van der Waals surface area contributed by atoms with Crippen LogP contribution in [0, 0.1) is 42.3 Å². The van der Waals surface area contributed by atoms with E-state index in [1.54, 1.807) is 19.1 Å². The molecule has 4 aliphatic carbocycles. The molecule has 6 rings (SSSR count). The number of ketones is 1. The number of nitrogens with two attached hydrogens (primary N) is 1. The number of Topliss-reactive ketones (excluding diaryl/α,β-unsaturated/α-hetero) is 1. The number of rotatable bonds is 7. The van der Waals surface area contributed by atoms with Gasteiger partial charge in [0.1, 0.15) is 12.2 Å². The van der Waals surface area contributed by atoms with Gasteiger partial charge in [0.15, 0.2) is 23.6 Å². The molecule has 45 heavy (non-hydrogen) atoms. The third kappa shape index (κ3) is 4.77. The van der Waals surface area contributed by atoms with Gasteiger partial charge in [-0.1, -0.05) is 80.1 Å². The van der Waals surface area contributed by atoms with Crippen molar-refractivity contribution in [3.63, 3.8) is 0 Å². The van der Waals surface area contributed by atoms with Crippen LogP contribution in [-0.4, -0.2) is 33.2 Å². The molecule has 0 amide bonds. The third-order valence-corrected chi connectivity index (χ3v) is 11.9. The lowest BCUT2D eigenvalue weighted by Crippen LogP contribution is -2.72. The highest BCUT2D eigenvalue weighted by Gasteiger charge is 2.73. The topological polar surface area (TPSA) is 102 Å². The minimum absolute atomic E-state index is 0.00786. The predicted molar refractivity (Wildman–Crippen MR) is 172 cm³/mol. The molecule has 0 spiro atoms. The van der Waals surface area contributed by atoms with Gasteiger partial charge in [0.2, 0.25) is 0 Å². The number of carbonyl (C=O) groups excluding carboxylic acids is 1. The van der Waals surface area contributed by atoms with Gasteiger partial charge in [0.05, 0.1) is 11.7 Å². The lowest BCUT2D eigenvalue weighted by molar-refractivity contribution is -0.244. The lowest BCUT2D eigenvalue weighted by atomic mass is 9.43. The molecule has 4 N–H and O–H groups in total. The van der Waals surface area contributed by atoms with Gasteiger partial charge < -0.3 is 25.4 Å². The zero-order chi connectivity index (χ0) is 32.5. The summed E-state index contributed by atoms with van der Waals surface area (Å²) < 4.78 is 28.3. The van der Waals surface area contributed by atoms with Crippen molar-refractivity contribution in [2.75, 3.05) is 0 Å². The standard InChI is InChI=1S/C38H46FNO5/c1-22-8-7-9-26(18-22)21-44-29-11-10-24(3)31(32(29)39)34(43)45-38(25(4)41)17-14-30-36(38,6)20-28(42)33-35(5)15-12-23(2)19-27(35)13-16-37(30,33)40/h7-12,15,18-19,28,30,33-34,42-43H,2,13-14,16-17,20-21,40H2,1,3-6H3/t28?,30-,33?,34?,35?,36?,37?,38+/m1/s1. The number of carbonyl (C=O) groups is 1. The van der Waals surface area contributed by atoms with Crippen LogP contribution in [0.1, 0.15) is 81.4 Å². The van der Waals surface area contributed by atoms with E-state index in [4.69, 9.17) is 15.2 Å². The first-order valence-electron chi connectivity index (χ1n) is 16.1. The maximum Gasteiger partial charge on any atom is 0.185 e. The first-order valence-corrected chi connectivity index (χ1v) is 16.1. The average Bonchev–Trinajstić information content (AvgIpc) is 3.26. The molecule has 240 valence electrons. The Kier molecular flexibility index (Phi) is 7.80. The maximum atomic E-state index is 16.0. The number of benzene rings is 2. The van der Waals surface area contributed by atoms with E-state index in [0.29, 0.717) is 24.8 Å². The van der Waals surface area contributed by atoms with Gasteiger partial charge >= 0.3 is 0 Å². The van der Waals surface area contributed by atoms with Gasteiger partial charge in [-0.05, 0) is 81.6 Å². The van der Waals surface area contributed by atoms with Gasteiger partial charge in [-0.15, -0.1) is 0 Å². The third-order valence-electron chi connectivity index (χ3n) is 11.9. The molecule has 6 nitrogen and oxygen atoms in total. The molecule has 0 radical (unpaired) electrons. The molecule has 3 saturated carbocycles. The summed E-state index contributed by atoms with van der Waals surface area (Å²) in [6.45, 7) is 13.5. The largest absolute Gasteiger partial charge is 0.486 e. The Morgan fingerprint density at radius 1 is 1.20 bits per heavy atom. The molecule has 3 fully saturated rings. The smallest absolute Gasteiger partial charge is 0.185 e. The van der Waals surface area contributed by atoms with E-state index in [-0.39, 0.29) is 42.0 Å². The number of aliphatic hydroxyl groups is 2. The Morgan fingerprint density at radius 3 is 2.67 bits per heavy atom. The van der Waals surface area contributed by atoms with Crippen LogP contribution >= 0.6 is 0 Å². The molecule has 0 aromatic heterocycles. The van der Waals surface area contributed by atoms with Gasteiger partial charge in [-0.2, -0.15) is 0 Å². The fourth-order valence-corrected chi connectivity index (χ4v) is 9.78. The van der Waals surface area contributed by atoms with Gasteiger partial charge in [0, 0.05) is 22.3 Å². The van der Waals surface area contributed by atoms with Crippen LogP contribution in [0.3, 0.4) is 0 Å². The van der Waals surface area contributed by atoms with Gasteiger partial charge in [-0.3, -0.25) is 4.79 Å². The molecule has 0 heterocycles. The summed E-state index contributed by atoms with van der Waals surface area (Å²) in [7, 11) is 0. The maximum absolute atomic E-state index is 16.0. The highest BCUT2D eigenvalue weighted by molar-refractivity contribution is 5.87. The Balaban J connectivity index is 1.32. The van der Waals surface area contributed by atoms with Gasteiger partial charge in [-0.25, -0.2) is 4.39 Å². The second kappa shape index (κ2) is 11.0. The zero-order valence-corrected chi connectivity index (χ0v) is 27.0. The van der Waals surface area contributed by atoms with Crippen molar-refractivity contribution in [3.05, 3.63) is 100 Å². The molecule has 8 atom stereocenters. The highest BCUT2D eigenvalue weighted by Crippen LogP contribution is 2.69. The molecular weight excluding hydrogens is 569 g/mol. The van der Waals surface area contributed by atoms with E-state index in [9.17, 15) is 15.0 Å². The van der Waals surface area contributed by atoms with E-state index in [1.807, 2.05) is 44.2 Å². The molecular formula is C38H46FNO5. The summed E-state index contributed by atoms with van der Waals surface area (Å²) >= 11 is 0. The summed E-state index contributed by atoms with van der Waals surface area (Å²) in [6.07, 6.45) is 6.29. The van der Waals surface area contributed by atoms with E-state index in [1.165, 1.54) is 12.5 Å². The molecule has 4 aliphatic rings. The first kappa shape index (κ1) is 31.9. The van der Waals surface area contributed by atoms with Crippen LogP contribution in [0.4, 0.5) is 4.39 Å². The SMILES string of the molecule is C=C1C=CC2(C)C(=C1)CCC1(N)C2C(O)CC2(C)[C@H]1CC[C@]2(OC(O)c1c(C)ccc(OCc2cccc(C)c2)c1F)C(C)=O. The van der Waals surface area contributed by atoms with E-state index in [0.717, 1.165) is 23.1 Å². The Morgan fingerprint density at radius 2 is 1.96 bits per heavy atom. The number of ether oxygens (including phenoxy) is 2. The minimum Gasteiger partial charge on any atom is -0.486 e. The number of fused-ring (bicyclic) bond motifs is 5. The molecule has 2 aromatic rings. The first-order chi connectivity index (χ1) is 21.2. The predicted octanol–water partition coefficient (Wildman–Crippen LogP) is 6.70. The monoisotopic (exact) mass is 615 g/mol. The van der Waals surface area contributed by atoms with Crippen molar-refractivity contribution >= 4 is 5.78 Å². The molecule has 0 saturated heterocycles. The fourth-order valence-electron chi connectivity index (χ4n) is 9.78. The Bertz CT molecular complexity index is 1610. The van der Waals surface area contributed by atoms with Crippen molar-refractivity contribution in [2.45, 2.75) is 96.9 Å². The zero-order valence-electron chi connectivity index (χ0n) is 27.0. The van der Waals surface area contributed by atoms with Crippen molar-refractivity contribution in [1.82, 2.24) is 0 Å². The van der Waals surface area contributed by atoms with Crippen LogP contribution in [-0.2, 0) is 16.1 Å². The molecule has 2 aromatic carbocycles. The van der Waals surface area contributed by atoms with Crippen molar-refractivity contribution < 1.29 is 28.9 Å². The summed E-state index contributed by atoms with van der Waals surface area (Å²) in [4.78, 5) is 13.7. The molecule has 0 bridgehead atoms. The van der Waals surface area contributed by atoms with Crippen LogP contribution < -0.4 is 10.5 Å². The summed E-state index contributed by atoms with van der Waals surface area (Å²) in [5.74, 6) is -1.42. The van der Waals surface area contributed by atoms with Crippen LogP contribution in [0.2, 0.25) is 0 Å². The van der Waals surface area contributed by atoms with E-state index >= 15 is 4.39 Å². The van der Waals surface area contributed by atoms with Crippen molar-refractivity contribution in [3.8, 4) is 5.75 Å². The van der Waals surface area contributed by atoms with Crippen LogP contribution in [0.5, 0.6) is 5.75 Å². The average molecular weight is 616 g/mol. The summed E-state index contributed by atoms with van der Waals surface area (Å²) in [5, 5.41) is 23.5. The number of halogens is 1. The van der Waals surface area contributed by atoms with Crippen molar-refractivity contribution in [2.24, 2.45) is 28.4 Å². The quantitative estimate of drug-likeness (QED) is 0.300. The number of hydrogen-bond acceptors (Lipinski definition) is 6. The van der Waals surface area contributed by atoms with Crippen LogP contribution in [0.25, 0.3) is 0 Å². The molecule has 0 aliphatic heterocycles. The molecule has 7 heteroatoms. The molecule has 6 unspecified atom stereocenters. The Hall–Kier alpha value is -3.10. The number of aliphatic hydroxyl groups excluding tert-OH is 2. The van der Waals surface area contributed by atoms with E-state index < -0.39 is 40.2 Å². The van der Waals surface area contributed by atoms with Gasteiger partial charge in [0.25, 0.3) is 0 Å². The fraction of sp³-hybridized carbons (Fsp3) is 0.500.